The summed E-state index contributed by atoms with van der Waals surface area (Å²) in [7, 11) is 0. The maximum Gasteiger partial charge on any atom is 0.220 e. The van der Waals surface area contributed by atoms with Crippen molar-refractivity contribution in [3.05, 3.63) is 35.9 Å². The first-order chi connectivity index (χ1) is 10.3. The minimum atomic E-state index is 0.193. The van der Waals surface area contributed by atoms with Crippen molar-refractivity contribution < 1.29 is 9.53 Å². The zero-order chi connectivity index (χ0) is 14.5. The van der Waals surface area contributed by atoms with Crippen molar-refractivity contribution in [3.8, 4) is 0 Å². The summed E-state index contributed by atoms with van der Waals surface area (Å²) in [4.78, 5) is 12.2. The van der Waals surface area contributed by atoms with Crippen LogP contribution in [0, 0.1) is 5.92 Å². The summed E-state index contributed by atoms with van der Waals surface area (Å²) in [5, 5.41) is 3.26. The van der Waals surface area contributed by atoms with E-state index in [2.05, 4.69) is 29.6 Å². The van der Waals surface area contributed by atoms with Crippen LogP contribution in [0.2, 0.25) is 0 Å². The van der Waals surface area contributed by atoms with Crippen LogP contribution in [0.3, 0.4) is 0 Å². The van der Waals surface area contributed by atoms with Crippen LogP contribution in [-0.2, 0) is 16.0 Å². The van der Waals surface area contributed by atoms with Crippen LogP contribution in [0.1, 0.15) is 44.1 Å². The lowest BCUT2D eigenvalue weighted by Crippen LogP contribution is -2.38. The van der Waals surface area contributed by atoms with Gasteiger partial charge in [-0.05, 0) is 50.0 Å². The largest absolute Gasteiger partial charge is 0.378 e. The molecule has 1 amide bonds. The van der Waals surface area contributed by atoms with Gasteiger partial charge in [0.15, 0.2) is 0 Å². The molecular weight excluding hydrogens is 262 g/mol. The van der Waals surface area contributed by atoms with Gasteiger partial charge < -0.3 is 10.1 Å². The normalized spacial score (nSPS) is 23.0. The lowest BCUT2D eigenvalue weighted by molar-refractivity contribution is -0.122. The Kier molecular flexibility index (Phi) is 4.91. The molecule has 1 N–H and O–H groups in total. The number of nitrogens with one attached hydrogen (secondary N) is 1. The molecule has 1 aliphatic heterocycles. The van der Waals surface area contributed by atoms with Crippen LogP contribution >= 0.6 is 0 Å². The van der Waals surface area contributed by atoms with Crippen molar-refractivity contribution >= 4 is 5.91 Å². The molecule has 2 unspecified atom stereocenters. The second-order valence-electron chi connectivity index (χ2n) is 6.37. The summed E-state index contributed by atoms with van der Waals surface area (Å²) < 4.78 is 5.58. The third kappa shape index (κ3) is 4.57. The summed E-state index contributed by atoms with van der Waals surface area (Å²) in [5.41, 5.74) is 1.31. The molecule has 3 rings (SSSR count). The van der Waals surface area contributed by atoms with Crippen LogP contribution in [0.5, 0.6) is 0 Å². The number of carbonyl (C=O) groups excluding carboxylic acids is 1. The Labute approximate surface area is 127 Å². The second kappa shape index (κ2) is 7.08. The minimum absolute atomic E-state index is 0.193. The first-order valence-electron chi connectivity index (χ1n) is 8.26. The van der Waals surface area contributed by atoms with Gasteiger partial charge in [-0.15, -0.1) is 0 Å². The van der Waals surface area contributed by atoms with Crippen LogP contribution in [0.15, 0.2) is 30.3 Å². The van der Waals surface area contributed by atoms with Gasteiger partial charge in [-0.1, -0.05) is 30.3 Å². The fourth-order valence-corrected chi connectivity index (χ4v) is 3.15. The summed E-state index contributed by atoms with van der Waals surface area (Å²) in [6.07, 6.45) is 7.50. The Bertz CT molecular complexity index is 450. The monoisotopic (exact) mass is 287 g/mol. The lowest BCUT2D eigenvalue weighted by atomic mass is 10.0. The maximum atomic E-state index is 12.2. The van der Waals surface area contributed by atoms with E-state index in [0.717, 1.165) is 32.3 Å². The molecule has 2 atom stereocenters. The number of hydrogen-bond acceptors (Lipinski definition) is 2. The fourth-order valence-electron chi connectivity index (χ4n) is 3.15. The summed E-state index contributed by atoms with van der Waals surface area (Å²) in [5.74, 6) is 0.871. The first-order valence-corrected chi connectivity index (χ1v) is 8.26. The molecule has 3 heteroatoms. The third-order valence-electron chi connectivity index (χ3n) is 4.55. The van der Waals surface area contributed by atoms with Crippen molar-refractivity contribution in [1.29, 1.82) is 0 Å². The van der Waals surface area contributed by atoms with Gasteiger partial charge in [0, 0.05) is 19.1 Å². The van der Waals surface area contributed by atoms with Gasteiger partial charge in [-0.2, -0.15) is 0 Å². The van der Waals surface area contributed by atoms with Crippen LogP contribution in [0.25, 0.3) is 0 Å². The Morgan fingerprint density at radius 2 is 2.05 bits per heavy atom. The number of carbonyl (C=O) groups is 1. The second-order valence-corrected chi connectivity index (χ2v) is 6.37. The Morgan fingerprint density at radius 1 is 1.24 bits per heavy atom. The highest BCUT2D eigenvalue weighted by Gasteiger charge is 2.32. The molecule has 114 valence electrons. The zero-order valence-electron chi connectivity index (χ0n) is 12.6. The van der Waals surface area contributed by atoms with Gasteiger partial charge in [0.1, 0.15) is 0 Å². The molecule has 1 heterocycles. The standard InChI is InChI=1S/C18H25NO2/c20-18(11-10-16-7-4-12-21-16)19-17(15-8-9-15)13-14-5-2-1-3-6-14/h1-3,5-6,15-17H,4,7-13H2,(H,19,20). The molecule has 0 aromatic heterocycles. The third-order valence-corrected chi connectivity index (χ3v) is 4.55. The average Bonchev–Trinajstić information content (AvgIpc) is 3.22. The predicted octanol–water partition coefficient (Wildman–Crippen LogP) is 3.08. The van der Waals surface area contributed by atoms with E-state index in [0.29, 0.717) is 24.5 Å². The van der Waals surface area contributed by atoms with Gasteiger partial charge >= 0.3 is 0 Å². The Morgan fingerprint density at radius 3 is 2.71 bits per heavy atom. The summed E-state index contributed by atoms with van der Waals surface area (Å²) >= 11 is 0. The number of amides is 1. The predicted molar refractivity (Wildman–Crippen MR) is 83.0 cm³/mol. The molecule has 0 spiro atoms. The first kappa shape index (κ1) is 14.6. The van der Waals surface area contributed by atoms with Crippen LogP contribution in [-0.4, -0.2) is 24.7 Å². The topological polar surface area (TPSA) is 38.3 Å². The minimum Gasteiger partial charge on any atom is -0.378 e. The Hall–Kier alpha value is -1.35. The van der Waals surface area contributed by atoms with Crippen LogP contribution in [0.4, 0.5) is 0 Å². The zero-order valence-corrected chi connectivity index (χ0v) is 12.6. The molecule has 2 fully saturated rings. The highest BCUT2D eigenvalue weighted by Crippen LogP contribution is 2.34. The van der Waals surface area contributed by atoms with Gasteiger partial charge in [-0.3, -0.25) is 4.79 Å². The van der Waals surface area contributed by atoms with E-state index in [1.54, 1.807) is 0 Å². The maximum absolute atomic E-state index is 12.2. The molecule has 1 aliphatic carbocycles. The average molecular weight is 287 g/mol. The van der Waals surface area contributed by atoms with E-state index in [9.17, 15) is 4.79 Å². The number of benzene rings is 1. The highest BCUT2D eigenvalue weighted by atomic mass is 16.5. The molecule has 0 bridgehead atoms. The van der Waals surface area contributed by atoms with E-state index >= 15 is 0 Å². The fraction of sp³-hybridized carbons (Fsp3) is 0.611. The number of ether oxygens (including phenoxy) is 1. The summed E-state index contributed by atoms with van der Waals surface area (Å²) in [6, 6.07) is 10.8. The van der Waals surface area contributed by atoms with Crippen molar-refractivity contribution in [2.24, 2.45) is 5.92 Å². The number of hydrogen-bond donors (Lipinski definition) is 1. The van der Waals surface area contributed by atoms with Gasteiger partial charge in [0.25, 0.3) is 0 Å². The molecule has 1 aromatic carbocycles. The lowest BCUT2D eigenvalue weighted by Gasteiger charge is -2.19. The van der Waals surface area contributed by atoms with Crippen LogP contribution < -0.4 is 5.32 Å². The van der Waals surface area contributed by atoms with Crippen molar-refractivity contribution in [2.45, 2.75) is 57.1 Å². The number of rotatable bonds is 7. The quantitative estimate of drug-likeness (QED) is 0.837. The molecule has 21 heavy (non-hydrogen) atoms. The van der Waals surface area contributed by atoms with E-state index in [4.69, 9.17) is 4.74 Å². The molecule has 0 radical (unpaired) electrons. The van der Waals surface area contributed by atoms with Gasteiger partial charge in [-0.25, -0.2) is 0 Å². The molecular formula is C18H25NO2. The molecule has 2 aliphatic rings. The molecule has 1 aromatic rings. The SMILES string of the molecule is O=C(CCC1CCCO1)NC(Cc1ccccc1)C1CC1. The summed E-state index contributed by atoms with van der Waals surface area (Å²) in [6.45, 7) is 0.866. The van der Waals surface area contributed by atoms with E-state index in [-0.39, 0.29) is 5.91 Å². The van der Waals surface area contributed by atoms with Crippen molar-refractivity contribution in [2.75, 3.05) is 6.61 Å². The smallest absolute Gasteiger partial charge is 0.220 e. The van der Waals surface area contributed by atoms with E-state index in [1.165, 1.54) is 18.4 Å². The van der Waals surface area contributed by atoms with Crippen molar-refractivity contribution in [3.63, 3.8) is 0 Å². The van der Waals surface area contributed by atoms with E-state index < -0.39 is 0 Å². The van der Waals surface area contributed by atoms with Gasteiger partial charge in [0.2, 0.25) is 5.91 Å². The molecule has 1 saturated heterocycles. The molecule has 3 nitrogen and oxygen atoms in total. The molecule has 1 saturated carbocycles. The van der Waals surface area contributed by atoms with Gasteiger partial charge in [0.05, 0.1) is 6.10 Å². The Balaban J connectivity index is 1.46. The van der Waals surface area contributed by atoms with Crippen molar-refractivity contribution in [1.82, 2.24) is 5.32 Å². The highest BCUT2D eigenvalue weighted by molar-refractivity contribution is 5.76. The van der Waals surface area contributed by atoms with E-state index in [1.807, 2.05) is 6.07 Å².